The first-order valence-corrected chi connectivity index (χ1v) is 5.82. The van der Waals surface area contributed by atoms with Crippen LogP contribution >= 0.6 is 0 Å². The van der Waals surface area contributed by atoms with Crippen LogP contribution in [0.1, 0.15) is 17.9 Å². The molecule has 1 atom stereocenters. The van der Waals surface area contributed by atoms with Gasteiger partial charge in [0.2, 0.25) is 0 Å². The number of hydrogen-bond acceptors (Lipinski definition) is 4. The Morgan fingerprint density at radius 3 is 2.95 bits per heavy atom. The predicted molar refractivity (Wildman–Crippen MR) is 67.9 cm³/mol. The average molecular weight is 268 g/mol. The number of anilines is 1. The number of nitrogens with zero attached hydrogens (tertiary/aromatic N) is 1. The van der Waals surface area contributed by atoms with Gasteiger partial charge in [0.25, 0.3) is 18.9 Å². The fourth-order valence-electron chi connectivity index (χ4n) is 2.22. The molecular formula is C11H13BF2N3O2. The van der Waals surface area contributed by atoms with Crippen molar-refractivity contribution in [2.24, 2.45) is 0 Å². The van der Waals surface area contributed by atoms with Crippen molar-refractivity contribution in [2.45, 2.75) is 18.3 Å². The molecule has 101 valence electrons. The molecule has 3 N–H and O–H groups in total. The molecular weight excluding hydrogens is 255 g/mol. The van der Waals surface area contributed by atoms with Gasteiger partial charge in [-0.05, 0) is 24.7 Å². The van der Waals surface area contributed by atoms with Crippen LogP contribution < -0.4 is 11.3 Å². The number of nitrogens with one attached hydrogen (secondary N) is 1. The summed E-state index contributed by atoms with van der Waals surface area (Å²) in [6, 6.07) is 1.27. The Kier molecular flexibility index (Phi) is 3.70. The molecule has 0 aromatic carbocycles. The van der Waals surface area contributed by atoms with Crippen LogP contribution in [0.3, 0.4) is 0 Å². The minimum atomic E-state index is -2.89. The third-order valence-electron chi connectivity index (χ3n) is 3.29. The summed E-state index contributed by atoms with van der Waals surface area (Å²) in [7, 11) is 1.25. The second kappa shape index (κ2) is 5.12. The van der Waals surface area contributed by atoms with Gasteiger partial charge in [-0.3, -0.25) is 4.79 Å². The number of aromatic amines is 1. The van der Waals surface area contributed by atoms with Crippen molar-refractivity contribution in [2.75, 3.05) is 18.8 Å². The van der Waals surface area contributed by atoms with Crippen molar-refractivity contribution in [3.8, 4) is 0 Å². The van der Waals surface area contributed by atoms with E-state index < -0.39 is 17.4 Å². The van der Waals surface area contributed by atoms with Crippen LogP contribution in [-0.4, -0.2) is 42.4 Å². The van der Waals surface area contributed by atoms with Gasteiger partial charge in [0.15, 0.2) is 0 Å². The quantitative estimate of drug-likeness (QED) is 0.606. The summed E-state index contributed by atoms with van der Waals surface area (Å²) in [5.74, 6) is -3.99. The molecule has 1 fully saturated rings. The van der Waals surface area contributed by atoms with Gasteiger partial charge in [0.1, 0.15) is 0 Å². The number of carbonyl (C=O) groups excluding carboxylic acids is 1. The highest BCUT2D eigenvalue weighted by molar-refractivity contribution is 6.64. The molecule has 1 aromatic heterocycles. The van der Waals surface area contributed by atoms with Crippen LogP contribution in [-0.2, 0) is 4.79 Å². The first-order chi connectivity index (χ1) is 8.94. The molecule has 0 bridgehead atoms. The highest BCUT2D eigenvalue weighted by atomic mass is 19.3. The second-order valence-electron chi connectivity index (χ2n) is 4.56. The molecule has 1 radical (unpaired) electrons. The first-order valence-electron chi connectivity index (χ1n) is 5.82. The van der Waals surface area contributed by atoms with Crippen molar-refractivity contribution in [1.29, 1.82) is 0 Å². The highest BCUT2D eigenvalue weighted by Crippen LogP contribution is 2.39. The Morgan fingerprint density at radius 2 is 2.32 bits per heavy atom. The summed E-state index contributed by atoms with van der Waals surface area (Å²) in [6.07, 6.45) is 1.48. The smallest absolute Gasteiger partial charge is 0.293 e. The Bertz CT molecular complexity index is 535. The molecule has 0 aliphatic carbocycles. The van der Waals surface area contributed by atoms with Gasteiger partial charge < -0.3 is 20.3 Å². The van der Waals surface area contributed by atoms with Crippen molar-refractivity contribution < 1.29 is 13.6 Å². The SMILES string of the molecule is Nc1cc(C2CN([B]C=O)CCC2(F)F)c[nH]c1=O. The third-order valence-corrected chi connectivity index (χ3v) is 3.29. The zero-order valence-corrected chi connectivity index (χ0v) is 10.1. The maximum absolute atomic E-state index is 13.9. The number of nitrogens with two attached hydrogens (primary N) is 1. The second-order valence-corrected chi connectivity index (χ2v) is 4.56. The average Bonchev–Trinajstić information content (AvgIpc) is 2.35. The molecule has 1 aliphatic rings. The van der Waals surface area contributed by atoms with E-state index in [0.717, 1.165) is 0 Å². The number of aromatic nitrogens is 1. The van der Waals surface area contributed by atoms with Gasteiger partial charge in [0.05, 0.1) is 17.8 Å². The Hall–Kier alpha value is -1.70. The van der Waals surface area contributed by atoms with Crippen LogP contribution in [0.25, 0.3) is 0 Å². The van der Waals surface area contributed by atoms with Gasteiger partial charge in [0, 0.05) is 12.6 Å². The van der Waals surface area contributed by atoms with Crippen molar-refractivity contribution in [1.82, 2.24) is 9.79 Å². The standard InChI is InChI=1S/C11H13BF2N3O2/c13-11(14)1-2-17(12-6-18)5-8(11)7-3-9(15)10(19)16-4-7/h3-4,6,8H,1-2,5,15H2,(H,16,19). The lowest BCUT2D eigenvalue weighted by Crippen LogP contribution is -2.47. The van der Waals surface area contributed by atoms with E-state index >= 15 is 0 Å². The molecule has 0 saturated carbocycles. The molecule has 1 unspecified atom stereocenters. The minimum absolute atomic E-state index is 0.0111. The largest absolute Gasteiger partial charge is 0.394 e. The molecule has 19 heavy (non-hydrogen) atoms. The number of pyridine rings is 1. The van der Waals surface area contributed by atoms with Gasteiger partial charge in [-0.15, -0.1) is 0 Å². The molecule has 2 heterocycles. The first kappa shape index (κ1) is 13.7. The van der Waals surface area contributed by atoms with Gasteiger partial charge in [-0.25, -0.2) is 8.78 Å². The maximum atomic E-state index is 13.9. The number of hydrogen-bond donors (Lipinski definition) is 2. The van der Waals surface area contributed by atoms with E-state index in [1.165, 1.54) is 24.5 Å². The monoisotopic (exact) mass is 268 g/mol. The fourth-order valence-corrected chi connectivity index (χ4v) is 2.22. The lowest BCUT2D eigenvalue weighted by Gasteiger charge is -2.37. The lowest BCUT2D eigenvalue weighted by molar-refractivity contribution is -0.0624. The van der Waals surface area contributed by atoms with Gasteiger partial charge in [-0.2, -0.15) is 0 Å². The molecule has 1 saturated heterocycles. The normalized spacial score (nSPS) is 22.9. The number of H-pyrrole nitrogens is 1. The third kappa shape index (κ3) is 2.84. The predicted octanol–water partition coefficient (Wildman–Crippen LogP) is 0.191. The van der Waals surface area contributed by atoms with Crippen molar-refractivity contribution in [3.63, 3.8) is 0 Å². The molecule has 1 aliphatic heterocycles. The van der Waals surface area contributed by atoms with Gasteiger partial charge >= 0.3 is 0 Å². The highest BCUT2D eigenvalue weighted by Gasteiger charge is 2.44. The summed E-state index contributed by atoms with van der Waals surface area (Å²) >= 11 is 0. The number of piperidine rings is 1. The zero-order chi connectivity index (χ0) is 14.0. The van der Waals surface area contributed by atoms with Crippen LogP contribution in [0, 0.1) is 0 Å². The van der Waals surface area contributed by atoms with Crippen molar-refractivity contribution >= 4 is 19.3 Å². The maximum Gasteiger partial charge on any atom is 0.293 e. The van der Waals surface area contributed by atoms with Crippen LogP contribution in [0.2, 0.25) is 0 Å². The topological polar surface area (TPSA) is 79.2 Å². The molecule has 5 nitrogen and oxygen atoms in total. The number of alkyl halides is 2. The Morgan fingerprint density at radius 1 is 1.58 bits per heavy atom. The Balaban J connectivity index is 2.29. The van der Waals surface area contributed by atoms with E-state index in [-0.39, 0.29) is 30.8 Å². The lowest BCUT2D eigenvalue weighted by atomic mass is 9.82. The van der Waals surface area contributed by atoms with Crippen LogP contribution in [0.4, 0.5) is 14.5 Å². The summed E-state index contributed by atoms with van der Waals surface area (Å²) in [5.41, 5.74) is 5.12. The van der Waals surface area contributed by atoms with E-state index in [1.54, 1.807) is 0 Å². The zero-order valence-electron chi connectivity index (χ0n) is 10.1. The number of rotatable bonds is 3. The fraction of sp³-hybridized carbons (Fsp3) is 0.455. The summed E-state index contributed by atoms with van der Waals surface area (Å²) in [6.45, 7) is 0.137. The van der Waals surface area contributed by atoms with Crippen molar-refractivity contribution in [3.05, 3.63) is 28.2 Å². The summed E-state index contributed by atoms with van der Waals surface area (Å²) < 4.78 is 27.9. The number of halogens is 2. The molecule has 8 heteroatoms. The minimum Gasteiger partial charge on any atom is -0.394 e. The molecule has 0 amide bonds. The van der Waals surface area contributed by atoms with E-state index in [1.807, 2.05) is 0 Å². The summed E-state index contributed by atoms with van der Waals surface area (Å²) in [4.78, 5) is 25.5. The van der Waals surface area contributed by atoms with E-state index in [2.05, 4.69) is 4.98 Å². The molecule has 1 aromatic rings. The molecule has 2 rings (SSSR count). The van der Waals surface area contributed by atoms with Crippen LogP contribution in [0.5, 0.6) is 0 Å². The molecule has 0 spiro atoms. The number of nitrogen functional groups attached to an aromatic ring is 1. The Labute approximate surface area is 109 Å². The van der Waals surface area contributed by atoms with Crippen LogP contribution in [0.15, 0.2) is 17.1 Å². The van der Waals surface area contributed by atoms with E-state index in [9.17, 15) is 18.4 Å². The number of carbonyl (C=O) groups is 1. The summed E-state index contributed by atoms with van der Waals surface area (Å²) in [5, 5.41) is 0. The van der Waals surface area contributed by atoms with Gasteiger partial charge in [-0.1, -0.05) is 0 Å². The van der Waals surface area contributed by atoms with E-state index in [4.69, 9.17) is 5.73 Å². The van der Waals surface area contributed by atoms with E-state index in [0.29, 0.717) is 6.19 Å².